The lowest BCUT2D eigenvalue weighted by Crippen LogP contribution is -2.28. The smallest absolute Gasteiger partial charge is 0.337 e. The van der Waals surface area contributed by atoms with E-state index in [0.29, 0.717) is 10.6 Å². The van der Waals surface area contributed by atoms with Gasteiger partial charge in [-0.15, -0.1) is 11.3 Å². The molecule has 1 unspecified atom stereocenters. The standard InChI is InChI=1S/C34H31ClN4O3S/c1-18-13-26-31(29(20-7-10-24(35)11-8-20)28(18)30(33(40)41)42-34(3,4)5)43-32(38-26)25-15-22(16-36-19(25)2)21-9-12-27-23(14-21)17-37-39(27)6/h7-17,30H,1-6H3,(H,40,41). The Morgan fingerprint density at radius 2 is 1.72 bits per heavy atom. The van der Waals surface area contributed by atoms with Gasteiger partial charge in [0.15, 0.2) is 6.10 Å². The lowest BCUT2D eigenvalue weighted by molar-refractivity contribution is -0.160. The Kier molecular flexibility index (Phi) is 7.32. The van der Waals surface area contributed by atoms with E-state index in [1.54, 1.807) is 0 Å². The highest BCUT2D eigenvalue weighted by Gasteiger charge is 2.32. The van der Waals surface area contributed by atoms with Crippen LogP contribution in [0, 0.1) is 13.8 Å². The van der Waals surface area contributed by atoms with Crippen LogP contribution < -0.4 is 0 Å². The summed E-state index contributed by atoms with van der Waals surface area (Å²) in [6, 6.07) is 17.8. The molecule has 6 aromatic rings. The predicted octanol–water partition coefficient (Wildman–Crippen LogP) is 8.79. The van der Waals surface area contributed by atoms with E-state index in [0.717, 1.165) is 65.2 Å². The third-order valence-corrected chi connectivity index (χ3v) is 8.79. The Labute approximate surface area is 258 Å². The van der Waals surface area contributed by atoms with Gasteiger partial charge in [0.2, 0.25) is 0 Å². The maximum absolute atomic E-state index is 12.7. The Bertz CT molecular complexity index is 2020. The van der Waals surface area contributed by atoms with E-state index < -0.39 is 17.7 Å². The van der Waals surface area contributed by atoms with Gasteiger partial charge in [-0.1, -0.05) is 29.8 Å². The van der Waals surface area contributed by atoms with E-state index in [-0.39, 0.29) is 0 Å². The van der Waals surface area contributed by atoms with Crippen LogP contribution in [0.1, 0.15) is 43.7 Å². The molecule has 0 spiro atoms. The molecule has 0 aliphatic rings. The first-order valence-corrected chi connectivity index (χ1v) is 15.1. The topological polar surface area (TPSA) is 90.1 Å². The van der Waals surface area contributed by atoms with Crippen molar-refractivity contribution in [2.45, 2.75) is 46.3 Å². The van der Waals surface area contributed by atoms with Gasteiger partial charge in [-0.05, 0) is 87.7 Å². The molecule has 0 radical (unpaired) electrons. The average Bonchev–Trinajstić information content (AvgIpc) is 3.54. The number of ether oxygens (including phenoxy) is 1. The van der Waals surface area contributed by atoms with E-state index in [4.69, 9.17) is 26.3 Å². The van der Waals surface area contributed by atoms with Gasteiger partial charge >= 0.3 is 5.97 Å². The molecule has 0 amide bonds. The van der Waals surface area contributed by atoms with Gasteiger partial charge in [-0.2, -0.15) is 5.10 Å². The SMILES string of the molecule is Cc1cc2nc(-c3cc(-c4ccc5c(cnn5C)c4)cnc3C)sc2c(-c2ccc(Cl)cc2)c1C(OC(C)(C)C)C(=O)O. The quantitative estimate of drug-likeness (QED) is 0.203. The van der Waals surface area contributed by atoms with Gasteiger partial charge in [-0.3, -0.25) is 9.67 Å². The molecule has 9 heteroatoms. The van der Waals surface area contributed by atoms with Crippen LogP contribution >= 0.6 is 22.9 Å². The lowest BCUT2D eigenvalue weighted by Gasteiger charge is -2.28. The number of aromatic nitrogens is 4. The second-order valence-corrected chi connectivity index (χ2v) is 13.1. The summed E-state index contributed by atoms with van der Waals surface area (Å²) in [6.07, 6.45) is 2.57. The summed E-state index contributed by atoms with van der Waals surface area (Å²) >= 11 is 7.77. The summed E-state index contributed by atoms with van der Waals surface area (Å²) in [5.41, 5.74) is 8.00. The van der Waals surface area contributed by atoms with Crippen molar-refractivity contribution in [3.05, 3.63) is 88.8 Å². The number of carboxylic acids is 1. The molecule has 43 heavy (non-hydrogen) atoms. The fourth-order valence-corrected chi connectivity index (χ4v) is 6.72. The summed E-state index contributed by atoms with van der Waals surface area (Å²) in [5.74, 6) is -1.05. The van der Waals surface area contributed by atoms with Crippen LogP contribution in [0.4, 0.5) is 0 Å². The third kappa shape index (κ3) is 5.54. The maximum atomic E-state index is 12.7. The van der Waals surface area contributed by atoms with Crippen molar-refractivity contribution in [3.63, 3.8) is 0 Å². The highest BCUT2D eigenvalue weighted by atomic mass is 35.5. The van der Waals surface area contributed by atoms with Crippen LogP contribution in [-0.2, 0) is 16.6 Å². The number of fused-ring (bicyclic) bond motifs is 2. The van der Waals surface area contributed by atoms with Crippen molar-refractivity contribution in [2.75, 3.05) is 0 Å². The van der Waals surface area contributed by atoms with Crippen molar-refractivity contribution >= 4 is 50.0 Å². The fourth-order valence-electron chi connectivity index (χ4n) is 5.40. The molecule has 0 fully saturated rings. The largest absolute Gasteiger partial charge is 0.479 e. The third-order valence-electron chi connectivity index (χ3n) is 7.42. The minimum atomic E-state index is -1.17. The number of halogens is 1. The zero-order valence-electron chi connectivity index (χ0n) is 24.8. The molecule has 0 saturated heterocycles. The molecule has 0 aliphatic carbocycles. The molecule has 0 saturated carbocycles. The molecule has 218 valence electrons. The van der Waals surface area contributed by atoms with E-state index >= 15 is 0 Å². The number of aliphatic carboxylic acids is 1. The minimum absolute atomic E-state index is 0.600. The number of hydrogen-bond acceptors (Lipinski definition) is 6. The molecule has 6 rings (SSSR count). The Balaban J connectivity index is 1.56. The van der Waals surface area contributed by atoms with Crippen molar-refractivity contribution in [2.24, 2.45) is 7.05 Å². The Morgan fingerprint density at radius 3 is 2.42 bits per heavy atom. The van der Waals surface area contributed by atoms with Crippen molar-refractivity contribution < 1.29 is 14.6 Å². The van der Waals surface area contributed by atoms with Gasteiger partial charge in [0.1, 0.15) is 5.01 Å². The summed E-state index contributed by atoms with van der Waals surface area (Å²) in [4.78, 5) is 22.5. The molecule has 0 aliphatic heterocycles. The lowest BCUT2D eigenvalue weighted by atomic mass is 9.91. The van der Waals surface area contributed by atoms with Gasteiger partial charge in [0.05, 0.1) is 27.5 Å². The zero-order valence-corrected chi connectivity index (χ0v) is 26.3. The van der Waals surface area contributed by atoms with Crippen LogP contribution in [0.3, 0.4) is 0 Å². The molecular formula is C34H31ClN4O3S. The molecule has 1 N–H and O–H groups in total. The van der Waals surface area contributed by atoms with Crippen molar-refractivity contribution in [3.8, 4) is 32.8 Å². The summed E-state index contributed by atoms with van der Waals surface area (Å²) in [7, 11) is 1.93. The second kappa shape index (κ2) is 10.9. The number of benzene rings is 3. The van der Waals surface area contributed by atoms with Gasteiger partial charge in [0.25, 0.3) is 0 Å². The fraction of sp³-hybridized carbons (Fsp3) is 0.235. The summed E-state index contributed by atoms with van der Waals surface area (Å²) in [6.45, 7) is 9.47. The average molecular weight is 611 g/mol. The predicted molar refractivity (Wildman–Crippen MR) is 174 cm³/mol. The minimum Gasteiger partial charge on any atom is -0.479 e. The Morgan fingerprint density at radius 1 is 1.00 bits per heavy atom. The summed E-state index contributed by atoms with van der Waals surface area (Å²) in [5, 5.41) is 17.2. The number of hydrogen-bond donors (Lipinski definition) is 1. The monoisotopic (exact) mass is 610 g/mol. The Hall–Kier alpha value is -4.11. The zero-order chi connectivity index (χ0) is 30.6. The number of pyridine rings is 1. The van der Waals surface area contributed by atoms with Gasteiger partial charge < -0.3 is 9.84 Å². The molecular weight excluding hydrogens is 580 g/mol. The van der Waals surface area contributed by atoms with E-state index in [1.165, 1.54) is 11.3 Å². The first-order valence-electron chi connectivity index (χ1n) is 13.9. The van der Waals surface area contributed by atoms with Crippen LogP contribution in [0.2, 0.25) is 5.02 Å². The molecule has 1 atom stereocenters. The van der Waals surface area contributed by atoms with E-state index in [1.807, 2.05) is 89.1 Å². The summed E-state index contributed by atoms with van der Waals surface area (Å²) < 4.78 is 8.89. The van der Waals surface area contributed by atoms with E-state index in [9.17, 15) is 9.90 Å². The molecule has 3 aromatic carbocycles. The van der Waals surface area contributed by atoms with Crippen molar-refractivity contribution in [1.29, 1.82) is 0 Å². The van der Waals surface area contributed by atoms with Gasteiger partial charge in [0, 0.05) is 51.6 Å². The number of carbonyl (C=O) groups is 1. The normalized spacial score (nSPS) is 12.7. The molecule has 0 bridgehead atoms. The van der Waals surface area contributed by atoms with Crippen LogP contribution in [0.25, 0.3) is 53.9 Å². The van der Waals surface area contributed by atoms with Crippen LogP contribution in [0.5, 0.6) is 0 Å². The molecule has 7 nitrogen and oxygen atoms in total. The number of carboxylic acid groups (broad SMARTS) is 1. The van der Waals surface area contributed by atoms with Crippen LogP contribution in [0.15, 0.2) is 67.0 Å². The number of rotatable bonds is 6. The maximum Gasteiger partial charge on any atom is 0.337 e. The first-order chi connectivity index (χ1) is 20.4. The molecule has 3 heterocycles. The number of nitrogens with zero attached hydrogens (tertiary/aromatic N) is 4. The highest BCUT2D eigenvalue weighted by molar-refractivity contribution is 7.22. The number of aryl methyl sites for hydroxylation is 3. The van der Waals surface area contributed by atoms with Crippen molar-refractivity contribution in [1.82, 2.24) is 19.7 Å². The highest BCUT2D eigenvalue weighted by Crippen LogP contribution is 2.45. The molecule has 3 aromatic heterocycles. The second-order valence-electron chi connectivity index (χ2n) is 11.7. The van der Waals surface area contributed by atoms with Crippen LogP contribution in [-0.4, -0.2) is 36.4 Å². The van der Waals surface area contributed by atoms with Gasteiger partial charge in [-0.25, -0.2) is 9.78 Å². The first kappa shape index (κ1) is 29.0. The number of thiazole rings is 1. The van der Waals surface area contributed by atoms with E-state index in [2.05, 4.69) is 29.4 Å².